The van der Waals surface area contributed by atoms with Crippen LogP contribution in [0.15, 0.2) is 22.7 Å². The highest BCUT2D eigenvalue weighted by Crippen LogP contribution is 2.26. The van der Waals surface area contributed by atoms with Gasteiger partial charge in [0.1, 0.15) is 5.75 Å². The van der Waals surface area contributed by atoms with Gasteiger partial charge in [0.2, 0.25) is 0 Å². The zero-order chi connectivity index (χ0) is 15.2. The first kappa shape index (κ1) is 15.8. The van der Waals surface area contributed by atoms with Crippen molar-refractivity contribution < 1.29 is 19.1 Å². The molecule has 1 aromatic carbocycles. The average Bonchev–Trinajstić information content (AvgIpc) is 2.53. The number of piperidine rings is 1. The van der Waals surface area contributed by atoms with Crippen molar-refractivity contribution in [2.45, 2.75) is 19.3 Å². The molecule has 1 aliphatic rings. The van der Waals surface area contributed by atoms with Crippen molar-refractivity contribution in [3.8, 4) is 5.75 Å². The van der Waals surface area contributed by atoms with Gasteiger partial charge in [-0.15, -0.1) is 0 Å². The van der Waals surface area contributed by atoms with E-state index in [1.165, 1.54) is 13.5 Å². The molecule has 2 rings (SSSR count). The monoisotopic (exact) mass is 355 g/mol. The molecule has 0 N–H and O–H groups in total. The fraction of sp³-hybridized carbons (Fsp3) is 0.467. The number of likely N-dealkylation sites (tertiary alicyclic amines) is 1. The summed E-state index contributed by atoms with van der Waals surface area (Å²) in [5.41, 5.74) is 0.430. The quantitative estimate of drug-likeness (QED) is 0.779. The summed E-state index contributed by atoms with van der Waals surface area (Å²) in [6, 6.07) is 4.88. The Labute approximate surface area is 132 Å². The number of benzene rings is 1. The number of ether oxygens (including phenoxy) is 2. The lowest BCUT2D eigenvalue weighted by atomic mass is 10.1. The summed E-state index contributed by atoms with van der Waals surface area (Å²) in [6.45, 7) is 1.63. The zero-order valence-electron chi connectivity index (χ0n) is 11.9. The molecule has 0 bridgehead atoms. The molecule has 0 atom stereocenters. The Bertz CT molecular complexity index is 526. The van der Waals surface area contributed by atoms with E-state index in [-0.39, 0.29) is 12.5 Å². The summed E-state index contributed by atoms with van der Waals surface area (Å²) in [6.07, 6.45) is 3.30. The van der Waals surface area contributed by atoms with Crippen LogP contribution in [-0.4, -0.2) is 43.6 Å². The van der Waals surface area contributed by atoms with Gasteiger partial charge in [-0.05, 0) is 53.4 Å². The highest BCUT2D eigenvalue weighted by molar-refractivity contribution is 9.10. The molecule has 21 heavy (non-hydrogen) atoms. The maximum Gasteiger partial charge on any atom is 0.337 e. The fourth-order valence-electron chi connectivity index (χ4n) is 2.24. The minimum absolute atomic E-state index is 0.00126. The molecular weight excluding hydrogens is 338 g/mol. The minimum atomic E-state index is -0.411. The van der Waals surface area contributed by atoms with E-state index in [9.17, 15) is 9.59 Å². The van der Waals surface area contributed by atoms with Crippen LogP contribution >= 0.6 is 15.9 Å². The molecule has 0 unspecified atom stereocenters. The lowest BCUT2D eigenvalue weighted by Crippen LogP contribution is -2.38. The van der Waals surface area contributed by atoms with E-state index in [0.29, 0.717) is 15.8 Å². The van der Waals surface area contributed by atoms with Crippen LogP contribution in [0.3, 0.4) is 0 Å². The Hall–Kier alpha value is -1.56. The van der Waals surface area contributed by atoms with Crippen LogP contribution in [0, 0.1) is 0 Å². The molecule has 0 aromatic heterocycles. The van der Waals surface area contributed by atoms with Crippen LogP contribution in [0.4, 0.5) is 0 Å². The number of rotatable bonds is 4. The smallest absolute Gasteiger partial charge is 0.337 e. The number of hydrogen-bond donors (Lipinski definition) is 0. The Kier molecular flexibility index (Phi) is 5.61. The molecule has 1 saturated heterocycles. The summed E-state index contributed by atoms with van der Waals surface area (Å²) >= 11 is 3.33. The molecule has 1 heterocycles. The minimum Gasteiger partial charge on any atom is -0.483 e. The van der Waals surface area contributed by atoms with Gasteiger partial charge in [0.15, 0.2) is 6.61 Å². The van der Waals surface area contributed by atoms with Crippen LogP contribution < -0.4 is 4.74 Å². The Balaban J connectivity index is 1.93. The third-order valence-corrected chi connectivity index (χ3v) is 4.03. The van der Waals surface area contributed by atoms with Gasteiger partial charge in [0.05, 0.1) is 17.1 Å². The van der Waals surface area contributed by atoms with Crippen LogP contribution in [0.5, 0.6) is 5.75 Å². The number of esters is 1. The number of methoxy groups -OCH3 is 1. The van der Waals surface area contributed by atoms with E-state index < -0.39 is 5.97 Å². The van der Waals surface area contributed by atoms with Crippen LogP contribution in [0.25, 0.3) is 0 Å². The van der Waals surface area contributed by atoms with Gasteiger partial charge in [0.25, 0.3) is 5.91 Å². The second-order valence-electron chi connectivity index (χ2n) is 4.87. The predicted molar refractivity (Wildman–Crippen MR) is 81.4 cm³/mol. The highest BCUT2D eigenvalue weighted by atomic mass is 79.9. The number of hydrogen-bond acceptors (Lipinski definition) is 4. The lowest BCUT2D eigenvalue weighted by molar-refractivity contribution is -0.134. The van der Waals surface area contributed by atoms with Gasteiger partial charge in [-0.2, -0.15) is 0 Å². The van der Waals surface area contributed by atoms with E-state index in [0.717, 1.165) is 25.9 Å². The maximum absolute atomic E-state index is 12.0. The molecule has 0 radical (unpaired) electrons. The maximum atomic E-state index is 12.0. The molecule has 5 nitrogen and oxygen atoms in total. The van der Waals surface area contributed by atoms with Gasteiger partial charge in [-0.1, -0.05) is 0 Å². The van der Waals surface area contributed by atoms with Crippen molar-refractivity contribution in [3.63, 3.8) is 0 Å². The van der Waals surface area contributed by atoms with Crippen molar-refractivity contribution in [1.82, 2.24) is 4.90 Å². The van der Waals surface area contributed by atoms with E-state index >= 15 is 0 Å². The molecule has 0 aliphatic carbocycles. The zero-order valence-corrected chi connectivity index (χ0v) is 13.5. The molecule has 0 saturated carbocycles. The van der Waals surface area contributed by atoms with Crippen LogP contribution in [-0.2, 0) is 9.53 Å². The van der Waals surface area contributed by atoms with Crippen molar-refractivity contribution in [2.75, 3.05) is 26.8 Å². The standard InChI is InChI=1S/C15H18BrNO4/c1-20-15(19)11-5-6-13(12(16)9-11)21-10-14(18)17-7-3-2-4-8-17/h5-6,9H,2-4,7-8,10H2,1H3. The van der Waals surface area contributed by atoms with Gasteiger partial charge in [-0.3, -0.25) is 4.79 Å². The first-order chi connectivity index (χ1) is 10.1. The molecule has 1 aromatic rings. The number of amides is 1. The topological polar surface area (TPSA) is 55.8 Å². The van der Waals surface area contributed by atoms with Crippen LogP contribution in [0.1, 0.15) is 29.6 Å². The number of nitrogens with zero attached hydrogens (tertiary/aromatic N) is 1. The summed E-state index contributed by atoms with van der Waals surface area (Å²) in [5.74, 6) is 0.123. The number of carbonyl (C=O) groups is 2. The molecule has 0 spiro atoms. The molecule has 6 heteroatoms. The van der Waals surface area contributed by atoms with Gasteiger partial charge in [-0.25, -0.2) is 4.79 Å². The van der Waals surface area contributed by atoms with E-state index in [1.807, 2.05) is 4.90 Å². The van der Waals surface area contributed by atoms with Gasteiger partial charge >= 0.3 is 5.97 Å². The SMILES string of the molecule is COC(=O)c1ccc(OCC(=O)N2CCCCC2)c(Br)c1. The summed E-state index contributed by atoms with van der Waals surface area (Å²) in [4.78, 5) is 25.3. The Morgan fingerprint density at radius 3 is 2.57 bits per heavy atom. The van der Waals surface area contributed by atoms with Crippen molar-refractivity contribution >= 4 is 27.8 Å². The average molecular weight is 356 g/mol. The molecular formula is C15H18BrNO4. The Morgan fingerprint density at radius 1 is 1.24 bits per heavy atom. The predicted octanol–water partition coefficient (Wildman–Crippen LogP) is 2.63. The summed E-state index contributed by atoms with van der Waals surface area (Å²) in [7, 11) is 1.33. The molecule has 1 aliphatic heterocycles. The van der Waals surface area contributed by atoms with Gasteiger partial charge in [0, 0.05) is 13.1 Å². The van der Waals surface area contributed by atoms with E-state index in [2.05, 4.69) is 20.7 Å². The van der Waals surface area contributed by atoms with Crippen molar-refractivity contribution in [2.24, 2.45) is 0 Å². The molecule has 1 amide bonds. The largest absolute Gasteiger partial charge is 0.483 e. The van der Waals surface area contributed by atoms with Gasteiger partial charge < -0.3 is 14.4 Å². The molecule has 1 fully saturated rings. The third kappa shape index (κ3) is 4.20. The van der Waals surface area contributed by atoms with Crippen molar-refractivity contribution in [3.05, 3.63) is 28.2 Å². The first-order valence-electron chi connectivity index (χ1n) is 6.90. The summed E-state index contributed by atoms with van der Waals surface area (Å²) in [5, 5.41) is 0. The molecule has 114 valence electrons. The third-order valence-electron chi connectivity index (χ3n) is 3.41. The number of carbonyl (C=O) groups excluding carboxylic acids is 2. The highest BCUT2D eigenvalue weighted by Gasteiger charge is 2.17. The van der Waals surface area contributed by atoms with E-state index in [4.69, 9.17) is 4.74 Å². The van der Waals surface area contributed by atoms with Crippen LogP contribution in [0.2, 0.25) is 0 Å². The summed E-state index contributed by atoms with van der Waals surface area (Å²) < 4.78 is 10.8. The van der Waals surface area contributed by atoms with E-state index in [1.54, 1.807) is 18.2 Å². The lowest BCUT2D eigenvalue weighted by Gasteiger charge is -2.26. The van der Waals surface area contributed by atoms with Crippen molar-refractivity contribution in [1.29, 1.82) is 0 Å². The Morgan fingerprint density at radius 2 is 1.95 bits per heavy atom. The number of halogens is 1. The second-order valence-corrected chi connectivity index (χ2v) is 5.72. The first-order valence-corrected chi connectivity index (χ1v) is 7.69. The fourth-order valence-corrected chi connectivity index (χ4v) is 2.73. The second kappa shape index (κ2) is 7.45. The normalized spacial score (nSPS) is 14.7.